The number of aliphatic hydroxyl groups is 1. The lowest BCUT2D eigenvalue weighted by molar-refractivity contribution is -0.132. The smallest absolute Gasteiger partial charge is 0.301 e. The number of rotatable bonds is 12. The van der Waals surface area contributed by atoms with Gasteiger partial charge in [0.25, 0.3) is 5.78 Å². The number of carbonyl (C=O) groups is 2. The van der Waals surface area contributed by atoms with Crippen LogP contribution in [0.4, 0.5) is 5.13 Å². The fourth-order valence-corrected chi connectivity index (χ4v) is 6.71. The van der Waals surface area contributed by atoms with Crippen molar-refractivity contribution in [3.05, 3.63) is 100 Å². The first kappa shape index (κ1) is 32.2. The second kappa shape index (κ2) is 14.3. The zero-order chi connectivity index (χ0) is 32.1. The summed E-state index contributed by atoms with van der Waals surface area (Å²) in [6, 6.07) is 19.8. The van der Waals surface area contributed by atoms with Crippen LogP contribution in [0, 0.1) is 19.8 Å². The molecule has 1 fully saturated rings. The summed E-state index contributed by atoms with van der Waals surface area (Å²) in [5.41, 5.74) is 4.32. The number of hydrogen-bond donors (Lipinski definition) is 1. The highest BCUT2D eigenvalue weighted by Crippen LogP contribution is 2.45. The van der Waals surface area contributed by atoms with Crippen molar-refractivity contribution >= 4 is 45.7 Å². The second-order valence-corrected chi connectivity index (χ2v) is 13.5. The molecule has 5 rings (SSSR count). The predicted octanol–water partition coefficient (Wildman–Crippen LogP) is 7.90. The topological polar surface area (TPSA) is 102 Å². The Balaban J connectivity index is 1.55. The van der Waals surface area contributed by atoms with Crippen LogP contribution >= 0.6 is 23.1 Å². The van der Waals surface area contributed by atoms with E-state index in [0.717, 1.165) is 17.5 Å². The lowest BCUT2D eigenvalue weighted by Gasteiger charge is -2.24. The van der Waals surface area contributed by atoms with E-state index in [-0.39, 0.29) is 16.5 Å². The van der Waals surface area contributed by atoms with Crippen LogP contribution in [-0.2, 0) is 15.3 Å². The predicted molar refractivity (Wildman–Crippen MR) is 179 cm³/mol. The fourth-order valence-electron chi connectivity index (χ4n) is 4.89. The molecule has 1 aliphatic rings. The summed E-state index contributed by atoms with van der Waals surface area (Å²) in [4.78, 5) is 28.7. The average molecular weight is 644 g/mol. The standard InChI is InChI=1S/C35H37N3O5S2/c1-6-42-28-19-26(15-16-27(28)43-18-17-21(2)3)30-29(31(39)25-13-9-23(5)10-14-25)32(40)33(41)38(30)34-36-37-35(45-34)44-20-24-11-7-22(4)8-12-24/h7-16,19,21,30,39H,6,17-18,20H2,1-5H3. The first-order chi connectivity index (χ1) is 21.7. The van der Waals surface area contributed by atoms with E-state index in [4.69, 9.17) is 9.47 Å². The molecule has 1 aromatic heterocycles. The van der Waals surface area contributed by atoms with Crippen LogP contribution in [0.25, 0.3) is 5.76 Å². The lowest BCUT2D eigenvalue weighted by Crippen LogP contribution is -2.29. The minimum Gasteiger partial charge on any atom is -0.507 e. The van der Waals surface area contributed by atoms with Gasteiger partial charge in [-0.15, -0.1) is 10.2 Å². The van der Waals surface area contributed by atoms with E-state index < -0.39 is 17.7 Å². The molecule has 1 aliphatic heterocycles. The first-order valence-electron chi connectivity index (χ1n) is 15.0. The molecule has 0 saturated carbocycles. The Hall–Kier alpha value is -4.15. The van der Waals surface area contributed by atoms with Crippen molar-refractivity contribution in [2.45, 2.75) is 57.2 Å². The SMILES string of the molecule is CCOc1cc(C2C(=C(O)c3ccc(C)cc3)C(=O)C(=O)N2c2nnc(SCc3ccc(C)cc3)s2)ccc1OCCC(C)C. The number of carbonyl (C=O) groups excluding carboxylic acids is 2. The van der Waals surface area contributed by atoms with Crippen molar-refractivity contribution in [3.63, 3.8) is 0 Å². The van der Waals surface area contributed by atoms with Gasteiger partial charge in [0.15, 0.2) is 15.8 Å². The number of Topliss-reactive ketones (excluding diaryl/α,β-unsaturated/α-hetero) is 1. The highest BCUT2D eigenvalue weighted by Gasteiger charge is 2.48. The van der Waals surface area contributed by atoms with Gasteiger partial charge in [-0.2, -0.15) is 0 Å². The van der Waals surface area contributed by atoms with E-state index >= 15 is 0 Å². The van der Waals surface area contributed by atoms with Crippen molar-refractivity contribution in [2.24, 2.45) is 5.92 Å². The summed E-state index contributed by atoms with van der Waals surface area (Å²) < 4.78 is 12.7. The van der Waals surface area contributed by atoms with Gasteiger partial charge >= 0.3 is 5.91 Å². The third-order valence-electron chi connectivity index (χ3n) is 7.39. The molecular formula is C35H37N3O5S2. The van der Waals surface area contributed by atoms with E-state index in [9.17, 15) is 14.7 Å². The molecule has 2 heterocycles. The summed E-state index contributed by atoms with van der Waals surface area (Å²) in [7, 11) is 0. The second-order valence-electron chi connectivity index (χ2n) is 11.3. The summed E-state index contributed by atoms with van der Waals surface area (Å²) >= 11 is 2.74. The molecule has 0 bridgehead atoms. The normalized spacial score (nSPS) is 16.0. The van der Waals surface area contributed by atoms with Crippen LogP contribution in [0.2, 0.25) is 0 Å². The average Bonchev–Trinajstić information content (AvgIpc) is 3.59. The number of nitrogens with zero attached hydrogens (tertiary/aromatic N) is 3. The zero-order valence-electron chi connectivity index (χ0n) is 26.1. The van der Waals surface area contributed by atoms with Crippen LogP contribution in [0.1, 0.15) is 61.1 Å². The third-order valence-corrected chi connectivity index (χ3v) is 9.52. The highest BCUT2D eigenvalue weighted by atomic mass is 32.2. The van der Waals surface area contributed by atoms with E-state index in [1.54, 1.807) is 30.3 Å². The maximum absolute atomic E-state index is 13.7. The Morgan fingerprint density at radius 1 is 0.956 bits per heavy atom. The van der Waals surface area contributed by atoms with Crippen LogP contribution in [0.3, 0.4) is 0 Å². The van der Waals surface area contributed by atoms with Crippen molar-refractivity contribution in [2.75, 3.05) is 18.1 Å². The largest absolute Gasteiger partial charge is 0.507 e. The Kier molecular flexibility index (Phi) is 10.2. The molecule has 1 unspecified atom stereocenters. The summed E-state index contributed by atoms with van der Waals surface area (Å²) in [5, 5.41) is 20.5. The van der Waals surface area contributed by atoms with Crippen LogP contribution in [0.5, 0.6) is 11.5 Å². The number of benzene rings is 3. The van der Waals surface area contributed by atoms with Gasteiger partial charge in [0.2, 0.25) is 5.13 Å². The van der Waals surface area contributed by atoms with Gasteiger partial charge < -0.3 is 14.6 Å². The van der Waals surface area contributed by atoms with Gasteiger partial charge in [0, 0.05) is 11.3 Å². The van der Waals surface area contributed by atoms with E-state index in [0.29, 0.717) is 51.9 Å². The zero-order valence-corrected chi connectivity index (χ0v) is 27.7. The summed E-state index contributed by atoms with van der Waals surface area (Å²) in [5.74, 6) is 0.393. The molecule has 1 saturated heterocycles. The Labute approximate surface area is 272 Å². The molecule has 3 aromatic carbocycles. The maximum Gasteiger partial charge on any atom is 0.301 e. The monoisotopic (exact) mass is 643 g/mol. The molecule has 1 atom stereocenters. The lowest BCUT2D eigenvalue weighted by atomic mass is 9.95. The van der Waals surface area contributed by atoms with Crippen molar-refractivity contribution < 1.29 is 24.2 Å². The number of aromatic nitrogens is 2. The van der Waals surface area contributed by atoms with Crippen LogP contribution in [-0.4, -0.2) is 40.2 Å². The maximum atomic E-state index is 13.7. The number of ether oxygens (including phenoxy) is 2. The van der Waals surface area contributed by atoms with Crippen molar-refractivity contribution in [3.8, 4) is 11.5 Å². The molecule has 1 amide bonds. The van der Waals surface area contributed by atoms with Crippen molar-refractivity contribution in [1.82, 2.24) is 10.2 Å². The molecule has 234 valence electrons. The quantitative estimate of drug-likeness (QED) is 0.0547. The summed E-state index contributed by atoms with van der Waals surface area (Å²) in [6.45, 7) is 11.0. The van der Waals surface area contributed by atoms with Gasteiger partial charge in [-0.25, -0.2) is 0 Å². The van der Waals surface area contributed by atoms with E-state index in [2.05, 4.69) is 48.3 Å². The molecule has 10 heteroatoms. The Morgan fingerprint density at radius 3 is 2.31 bits per heavy atom. The number of aryl methyl sites for hydroxylation is 2. The third kappa shape index (κ3) is 7.40. The molecule has 1 N–H and O–H groups in total. The molecular weight excluding hydrogens is 607 g/mol. The summed E-state index contributed by atoms with van der Waals surface area (Å²) in [6.07, 6.45) is 0.880. The minimum absolute atomic E-state index is 0.0242. The van der Waals surface area contributed by atoms with E-state index in [1.807, 2.05) is 32.9 Å². The first-order valence-corrected chi connectivity index (χ1v) is 16.8. The Bertz CT molecular complexity index is 1700. The number of amides is 1. The number of anilines is 1. The van der Waals surface area contributed by atoms with Gasteiger partial charge in [-0.05, 0) is 56.4 Å². The number of hydrogen-bond acceptors (Lipinski definition) is 9. The Morgan fingerprint density at radius 2 is 1.64 bits per heavy atom. The van der Waals surface area contributed by atoms with Gasteiger partial charge in [-0.1, -0.05) is 103 Å². The number of thioether (sulfide) groups is 1. The molecule has 45 heavy (non-hydrogen) atoms. The van der Waals surface area contributed by atoms with Gasteiger partial charge in [-0.3, -0.25) is 14.5 Å². The molecule has 0 radical (unpaired) electrons. The number of aliphatic hydroxyl groups excluding tert-OH is 1. The molecule has 0 spiro atoms. The fraction of sp³-hybridized carbons (Fsp3) is 0.314. The van der Waals surface area contributed by atoms with Crippen LogP contribution < -0.4 is 14.4 Å². The van der Waals surface area contributed by atoms with Gasteiger partial charge in [0.1, 0.15) is 5.76 Å². The minimum atomic E-state index is -0.960. The van der Waals surface area contributed by atoms with Crippen molar-refractivity contribution in [1.29, 1.82) is 0 Å². The molecule has 0 aliphatic carbocycles. The molecule has 4 aromatic rings. The van der Waals surface area contributed by atoms with Crippen LogP contribution in [0.15, 0.2) is 76.6 Å². The van der Waals surface area contributed by atoms with Gasteiger partial charge in [0.05, 0.1) is 24.8 Å². The van der Waals surface area contributed by atoms with E-state index in [1.165, 1.54) is 33.6 Å². The number of ketones is 1. The molecule has 8 nitrogen and oxygen atoms in total. The highest BCUT2D eigenvalue weighted by molar-refractivity contribution is 8.00.